The zero-order chi connectivity index (χ0) is 14.8. The van der Waals surface area contributed by atoms with Crippen molar-refractivity contribution in [1.82, 2.24) is 4.98 Å². The number of oxazole rings is 1. The monoisotopic (exact) mass is 347 g/mol. The summed E-state index contributed by atoms with van der Waals surface area (Å²) in [5, 5.41) is 8.98. The van der Waals surface area contributed by atoms with Crippen molar-refractivity contribution in [1.29, 1.82) is 0 Å². The smallest absolute Gasteiger partial charge is 0.335 e. The van der Waals surface area contributed by atoms with Crippen LogP contribution in [0.25, 0.3) is 11.1 Å². The third kappa shape index (κ3) is 2.90. The molecule has 106 valence electrons. The first kappa shape index (κ1) is 13.6. The number of aromatic carboxylic acids is 1. The number of rotatable bonds is 4. The van der Waals surface area contributed by atoms with Gasteiger partial charge in [-0.05, 0) is 46.3 Å². The molecule has 0 spiro atoms. The van der Waals surface area contributed by atoms with Gasteiger partial charge in [0.25, 0.3) is 0 Å². The minimum atomic E-state index is -1.01. The molecule has 0 saturated heterocycles. The Hall–Kier alpha value is -2.34. The highest BCUT2D eigenvalue weighted by molar-refractivity contribution is 9.10. The van der Waals surface area contributed by atoms with Crippen LogP contribution in [0.1, 0.15) is 16.2 Å². The number of hydrogen-bond donors (Lipinski definition) is 1. The maximum atomic E-state index is 11.0. The van der Waals surface area contributed by atoms with E-state index in [9.17, 15) is 4.79 Å². The number of ether oxygens (including phenoxy) is 1. The molecule has 3 aromatic rings. The van der Waals surface area contributed by atoms with Crippen LogP contribution in [0.2, 0.25) is 0 Å². The standard InChI is InChI=1S/C15H10BrNO4/c16-10-6-5-9(15(18)19)7-13(10)20-8-14-17-11-3-1-2-4-12(11)21-14/h1-7H,8H2,(H,18,19). The van der Waals surface area contributed by atoms with Crippen LogP contribution >= 0.6 is 15.9 Å². The van der Waals surface area contributed by atoms with Crippen LogP contribution in [-0.4, -0.2) is 16.1 Å². The Morgan fingerprint density at radius 1 is 1.29 bits per heavy atom. The fraction of sp³-hybridized carbons (Fsp3) is 0.0667. The van der Waals surface area contributed by atoms with Crippen LogP contribution in [0.3, 0.4) is 0 Å². The SMILES string of the molecule is O=C(O)c1ccc(Br)c(OCc2nc3ccccc3o2)c1. The van der Waals surface area contributed by atoms with E-state index >= 15 is 0 Å². The molecule has 0 bridgehead atoms. The maximum Gasteiger partial charge on any atom is 0.335 e. The lowest BCUT2D eigenvalue weighted by Gasteiger charge is -2.06. The van der Waals surface area contributed by atoms with E-state index < -0.39 is 5.97 Å². The molecule has 0 unspecified atom stereocenters. The van der Waals surface area contributed by atoms with Gasteiger partial charge in [-0.1, -0.05) is 12.1 Å². The topological polar surface area (TPSA) is 72.6 Å². The number of nitrogens with zero attached hydrogens (tertiary/aromatic N) is 1. The summed E-state index contributed by atoms with van der Waals surface area (Å²) in [6.07, 6.45) is 0. The number of carboxylic acids is 1. The summed E-state index contributed by atoms with van der Waals surface area (Å²) >= 11 is 3.32. The third-order valence-electron chi connectivity index (χ3n) is 2.87. The number of para-hydroxylation sites is 2. The fourth-order valence-electron chi connectivity index (χ4n) is 1.87. The van der Waals surface area contributed by atoms with Crippen molar-refractivity contribution in [2.24, 2.45) is 0 Å². The Morgan fingerprint density at radius 3 is 2.86 bits per heavy atom. The number of aromatic nitrogens is 1. The van der Waals surface area contributed by atoms with Crippen molar-refractivity contribution in [3.8, 4) is 5.75 Å². The highest BCUT2D eigenvalue weighted by Gasteiger charge is 2.10. The predicted octanol–water partition coefficient (Wildman–Crippen LogP) is 3.87. The van der Waals surface area contributed by atoms with E-state index in [2.05, 4.69) is 20.9 Å². The van der Waals surface area contributed by atoms with E-state index in [0.717, 1.165) is 5.52 Å². The Bertz CT molecular complexity index is 779. The second-order valence-electron chi connectivity index (χ2n) is 4.31. The average molecular weight is 348 g/mol. The van der Waals surface area contributed by atoms with Gasteiger partial charge < -0.3 is 14.3 Å². The maximum absolute atomic E-state index is 11.0. The number of carboxylic acid groups (broad SMARTS) is 1. The third-order valence-corrected chi connectivity index (χ3v) is 3.52. The highest BCUT2D eigenvalue weighted by Crippen LogP contribution is 2.27. The molecule has 0 aliphatic carbocycles. The van der Waals surface area contributed by atoms with Crippen LogP contribution in [0.15, 0.2) is 51.4 Å². The van der Waals surface area contributed by atoms with Crippen molar-refractivity contribution < 1.29 is 19.1 Å². The molecule has 0 aliphatic rings. The average Bonchev–Trinajstić information content (AvgIpc) is 2.89. The Morgan fingerprint density at radius 2 is 2.10 bits per heavy atom. The zero-order valence-electron chi connectivity index (χ0n) is 10.7. The summed E-state index contributed by atoms with van der Waals surface area (Å²) in [7, 11) is 0. The molecule has 1 aromatic heterocycles. The van der Waals surface area contributed by atoms with Crippen molar-refractivity contribution in [3.63, 3.8) is 0 Å². The molecule has 0 saturated carbocycles. The molecule has 0 fully saturated rings. The van der Waals surface area contributed by atoms with E-state index in [1.165, 1.54) is 12.1 Å². The fourth-order valence-corrected chi connectivity index (χ4v) is 2.23. The van der Waals surface area contributed by atoms with Gasteiger partial charge in [0.05, 0.1) is 10.0 Å². The van der Waals surface area contributed by atoms with Crippen molar-refractivity contribution in [3.05, 3.63) is 58.4 Å². The summed E-state index contributed by atoms with van der Waals surface area (Å²) in [4.78, 5) is 15.2. The predicted molar refractivity (Wildman–Crippen MR) is 79.4 cm³/mol. The number of fused-ring (bicyclic) bond motifs is 1. The van der Waals surface area contributed by atoms with Crippen LogP contribution < -0.4 is 4.74 Å². The molecule has 1 N–H and O–H groups in total. The molecule has 3 rings (SSSR count). The first-order valence-electron chi connectivity index (χ1n) is 6.13. The molecule has 0 aliphatic heterocycles. The van der Waals surface area contributed by atoms with Gasteiger partial charge in [0, 0.05) is 0 Å². The van der Waals surface area contributed by atoms with Gasteiger partial charge in [-0.2, -0.15) is 0 Å². The first-order valence-corrected chi connectivity index (χ1v) is 6.93. The minimum absolute atomic E-state index is 0.121. The Kier molecular flexibility index (Phi) is 3.62. The number of benzene rings is 2. The summed E-state index contributed by atoms with van der Waals surface area (Å²) in [6, 6.07) is 12.0. The Balaban J connectivity index is 1.80. The molecule has 0 atom stereocenters. The molecule has 5 nitrogen and oxygen atoms in total. The molecule has 0 amide bonds. The van der Waals surface area contributed by atoms with Crippen molar-refractivity contribution in [2.75, 3.05) is 0 Å². The quantitative estimate of drug-likeness (QED) is 0.775. The van der Waals surface area contributed by atoms with Crippen LogP contribution in [0.4, 0.5) is 0 Å². The van der Waals surface area contributed by atoms with Crippen LogP contribution in [0, 0.1) is 0 Å². The molecular weight excluding hydrogens is 338 g/mol. The van der Waals surface area contributed by atoms with Gasteiger partial charge in [0.1, 0.15) is 11.3 Å². The van der Waals surface area contributed by atoms with Crippen LogP contribution in [-0.2, 0) is 6.61 Å². The zero-order valence-corrected chi connectivity index (χ0v) is 12.3. The number of carbonyl (C=O) groups is 1. The van der Waals surface area contributed by atoms with Crippen molar-refractivity contribution in [2.45, 2.75) is 6.61 Å². The van der Waals surface area contributed by atoms with Gasteiger partial charge in [-0.25, -0.2) is 9.78 Å². The summed E-state index contributed by atoms with van der Waals surface area (Å²) in [6.45, 7) is 0.121. The molecule has 2 aromatic carbocycles. The van der Waals surface area contributed by atoms with Gasteiger partial charge >= 0.3 is 5.97 Å². The lowest BCUT2D eigenvalue weighted by atomic mass is 10.2. The second-order valence-corrected chi connectivity index (χ2v) is 5.17. The lowest BCUT2D eigenvalue weighted by Crippen LogP contribution is -2.00. The van der Waals surface area contributed by atoms with Gasteiger partial charge in [0.15, 0.2) is 12.2 Å². The normalized spacial score (nSPS) is 10.7. The first-order chi connectivity index (χ1) is 10.1. The summed E-state index contributed by atoms with van der Waals surface area (Å²) in [5.41, 5.74) is 1.61. The minimum Gasteiger partial charge on any atom is -0.483 e. The van der Waals surface area contributed by atoms with E-state index in [1.54, 1.807) is 6.07 Å². The molecule has 1 heterocycles. The number of hydrogen-bond acceptors (Lipinski definition) is 4. The van der Waals surface area contributed by atoms with Gasteiger partial charge in [-0.3, -0.25) is 0 Å². The largest absolute Gasteiger partial charge is 0.483 e. The van der Waals surface area contributed by atoms with Gasteiger partial charge in [0.2, 0.25) is 5.89 Å². The van der Waals surface area contributed by atoms with Crippen LogP contribution in [0.5, 0.6) is 5.75 Å². The molecule has 21 heavy (non-hydrogen) atoms. The van der Waals surface area contributed by atoms with E-state index in [1.807, 2.05) is 24.3 Å². The Labute approximate surface area is 128 Å². The van der Waals surface area contributed by atoms with E-state index in [0.29, 0.717) is 21.7 Å². The lowest BCUT2D eigenvalue weighted by molar-refractivity contribution is 0.0696. The van der Waals surface area contributed by atoms with Gasteiger partial charge in [-0.15, -0.1) is 0 Å². The summed E-state index contributed by atoms with van der Waals surface area (Å²) < 4.78 is 11.8. The van der Waals surface area contributed by atoms with E-state index in [4.69, 9.17) is 14.3 Å². The van der Waals surface area contributed by atoms with Crippen molar-refractivity contribution >= 4 is 33.0 Å². The molecule has 0 radical (unpaired) electrons. The molecule has 6 heteroatoms. The summed E-state index contributed by atoms with van der Waals surface area (Å²) in [5.74, 6) is -0.143. The second kappa shape index (κ2) is 5.57. The number of halogens is 1. The highest BCUT2D eigenvalue weighted by atomic mass is 79.9. The molecular formula is C15H10BrNO4. The van der Waals surface area contributed by atoms with E-state index in [-0.39, 0.29) is 12.2 Å².